The smallest absolute Gasteiger partial charge is 0.332 e. The molecule has 0 aromatic rings. The molecule has 10 nitrogen and oxygen atoms in total. The van der Waals surface area contributed by atoms with Crippen molar-refractivity contribution in [2.75, 3.05) is 14.2 Å². The summed E-state index contributed by atoms with van der Waals surface area (Å²) in [5.41, 5.74) is 2.35. The van der Waals surface area contributed by atoms with Crippen molar-refractivity contribution in [3.63, 3.8) is 0 Å². The number of ether oxygens (including phenoxy) is 1. The summed E-state index contributed by atoms with van der Waals surface area (Å²) in [4.78, 5) is 57.2. The molecule has 28 heavy (non-hydrogen) atoms. The van der Waals surface area contributed by atoms with Gasteiger partial charge in [0.2, 0.25) is 0 Å². The molecule has 0 radical (unpaired) electrons. The number of carbonyl (C=O) groups is 3. The van der Waals surface area contributed by atoms with E-state index >= 15 is 0 Å². The van der Waals surface area contributed by atoms with Gasteiger partial charge in [0.1, 0.15) is 6.29 Å². The van der Waals surface area contributed by atoms with Crippen molar-refractivity contribution in [3.8, 4) is 0 Å². The molecule has 164 valence electrons. The topological polar surface area (TPSA) is 169 Å². The van der Waals surface area contributed by atoms with Crippen LogP contribution in [0.3, 0.4) is 0 Å². The van der Waals surface area contributed by atoms with E-state index in [-0.39, 0.29) is 11.5 Å². The number of aliphatic carboxylic acids is 1. The molecule has 10 heteroatoms. The number of carboxylic acids is 1. The molecule has 0 bridgehead atoms. The minimum absolute atomic E-state index is 0.176. The number of aliphatic hydroxyl groups excluding tert-OH is 1. The molecule has 0 amide bonds. The standard InChI is InChI=1S/C5H8O2.C4H6O2.C4H6O.C4H8.CH4O.2O2/c1-4(2)5(6)7-3;1-3(2)4(5)6;1-4(2)3-5;1-4(2)3;3*1-2/h1H2,2-3H3;1H2,2H3,(H,5,6);3H,1H2,2H3;1H2,2-3H3;2H,1H3;;. The van der Waals surface area contributed by atoms with Crippen LogP contribution in [0.15, 0.2) is 48.6 Å². The fourth-order valence-electron chi connectivity index (χ4n) is 0.174. The van der Waals surface area contributed by atoms with E-state index in [0.29, 0.717) is 11.1 Å². The lowest BCUT2D eigenvalue weighted by atomic mass is 10.4. The summed E-state index contributed by atoms with van der Waals surface area (Å²) < 4.78 is 4.27. The number of hydrogen-bond acceptors (Lipinski definition) is 9. The van der Waals surface area contributed by atoms with E-state index in [2.05, 4.69) is 31.1 Å². The Bertz CT molecular complexity index is 435. The number of hydrogen-bond donors (Lipinski definition) is 2. The van der Waals surface area contributed by atoms with Crippen molar-refractivity contribution in [3.05, 3.63) is 68.5 Å². The maximum atomic E-state index is 10.2. The average Bonchev–Trinajstić information content (AvgIpc) is 2.66. The Hall–Kier alpha value is -3.27. The monoisotopic (exact) mass is 408 g/mol. The maximum Gasteiger partial charge on any atom is 0.332 e. The van der Waals surface area contributed by atoms with E-state index in [1.54, 1.807) is 13.8 Å². The molecule has 2 N–H and O–H groups in total. The Morgan fingerprint density at radius 3 is 0.964 bits per heavy atom. The molecule has 0 aromatic heterocycles. The highest BCUT2D eigenvalue weighted by atomic mass is 16.7. The Morgan fingerprint density at radius 1 is 0.786 bits per heavy atom. The summed E-state index contributed by atoms with van der Waals surface area (Å²) in [6, 6.07) is 0. The zero-order valence-corrected chi connectivity index (χ0v) is 17.6. The first-order valence-electron chi connectivity index (χ1n) is 6.96. The van der Waals surface area contributed by atoms with Gasteiger partial charge in [0, 0.05) is 38.1 Å². The largest absolute Gasteiger partial charge is 0.478 e. The molecule has 0 saturated carbocycles. The van der Waals surface area contributed by atoms with Crippen LogP contribution in [0.2, 0.25) is 0 Å². The fourth-order valence-corrected chi connectivity index (χ4v) is 0.174. The zero-order chi connectivity index (χ0) is 24.9. The van der Waals surface area contributed by atoms with Gasteiger partial charge in [-0.3, -0.25) is 4.79 Å². The lowest BCUT2D eigenvalue weighted by Crippen LogP contribution is -1.98. The van der Waals surface area contributed by atoms with Crippen LogP contribution < -0.4 is 0 Å². The Morgan fingerprint density at radius 2 is 0.964 bits per heavy atom. The van der Waals surface area contributed by atoms with Crippen molar-refractivity contribution in [1.82, 2.24) is 0 Å². The first-order chi connectivity index (χ1) is 12.8. The Kier molecular flexibility index (Phi) is 69.3. The third kappa shape index (κ3) is 141. The summed E-state index contributed by atoms with van der Waals surface area (Å²) in [6.07, 6.45) is 0.722. The van der Waals surface area contributed by atoms with Gasteiger partial charge in [0.05, 0.1) is 7.11 Å². The number of methoxy groups -OCH3 is 1. The van der Waals surface area contributed by atoms with Crippen LogP contribution in [0, 0.1) is 19.9 Å². The van der Waals surface area contributed by atoms with Crippen LogP contribution >= 0.6 is 0 Å². The highest BCUT2D eigenvalue weighted by molar-refractivity contribution is 5.86. The predicted octanol–water partition coefficient (Wildman–Crippen LogP) is 3.47. The molecule has 0 heterocycles. The second-order valence-electron chi connectivity index (χ2n) is 4.53. The highest BCUT2D eigenvalue weighted by Gasteiger charge is 1.95. The second kappa shape index (κ2) is 43.8. The van der Waals surface area contributed by atoms with Crippen LogP contribution in [-0.2, 0) is 19.1 Å². The van der Waals surface area contributed by atoms with Gasteiger partial charge in [-0.25, -0.2) is 9.59 Å². The zero-order valence-electron chi connectivity index (χ0n) is 17.6. The van der Waals surface area contributed by atoms with Crippen molar-refractivity contribution >= 4 is 18.2 Å². The molecule has 0 atom stereocenters. The van der Waals surface area contributed by atoms with Gasteiger partial charge in [-0.1, -0.05) is 25.3 Å². The summed E-state index contributed by atoms with van der Waals surface area (Å²) in [5, 5.41) is 14.9. The van der Waals surface area contributed by atoms with E-state index < -0.39 is 5.97 Å². The van der Waals surface area contributed by atoms with Gasteiger partial charge in [-0.05, 0) is 40.2 Å². The lowest BCUT2D eigenvalue weighted by molar-refractivity contribution is -0.136. The number of allylic oxidation sites excluding steroid dienone is 2. The Labute approximate surface area is 165 Å². The van der Waals surface area contributed by atoms with Gasteiger partial charge >= 0.3 is 11.9 Å². The summed E-state index contributed by atoms with van der Waals surface area (Å²) in [7, 11) is 2.33. The number of carboxylic acid groups (broad SMARTS) is 1. The van der Waals surface area contributed by atoms with E-state index in [1.807, 2.05) is 13.8 Å². The molecule has 0 fully saturated rings. The summed E-state index contributed by atoms with van der Waals surface area (Å²) >= 11 is 0. The molecule has 0 aliphatic heterocycles. The van der Waals surface area contributed by atoms with Gasteiger partial charge in [0.15, 0.2) is 0 Å². The number of aliphatic hydroxyl groups is 1. The lowest BCUT2D eigenvalue weighted by Gasteiger charge is -1.91. The predicted molar refractivity (Wildman–Crippen MR) is 112 cm³/mol. The Balaban J connectivity index is -0.0000000389. The van der Waals surface area contributed by atoms with Crippen LogP contribution in [0.25, 0.3) is 0 Å². The van der Waals surface area contributed by atoms with Crippen LogP contribution in [-0.4, -0.2) is 42.7 Å². The van der Waals surface area contributed by atoms with E-state index in [9.17, 15) is 14.4 Å². The average molecular weight is 408 g/mol. The minimum Gasteiger partial charge on any atom is -0.478 e. The van der Waals surface area contributed by atoms with Gasteiger partial charge < -0.3 is 14.9 Å². The van der Waals surface area contributed by atoms with Crippen molar-refractivity contribution in [2.24, 2.45) is 0 Å². The van der Waals surface area contributed by atoms with Crippen LogP contribution in [0.4, 0.5) is 0 Å². The summed E-state index contributed by atoms with van der Waals surface area (Å²) in [5.74, 6) is -1.28. The van der Waals surface area contributed by atoms with Gasteiger partial charge in [0.25, 0.3) is 0 Å². The summed E-state index contributed by atoms with van der Waals surface area (Å²) in [6.45, 7) is 22.0. The van der Waals surface area contributed by atoms with Gasteiger partial charge in [-0.2, -0.15) is 0 Å². The van der Waals surface area contributed by atoms with Crippen molar-refractivity contribution < 1.29 is 29.3 Å². The first-order valence-corrected chi connectivity index (χ1v) is 6.96. The normalized spacial score (nSPS) is 6.14. The SMILES string of the molecule is C=C(C)C.C=C(C)C(=O)O.C=C(C)C(=O)OC.C=C(C)C=O.CO.O=O.O=O. The number of carbonyl (C=O) groups excluding carboxylic acids is 2. The molecule has 0 rings (SSSR count). The first kappa shape index (κ1) is 44.3. The van der Waals surface area contributed by atoms with Gasteiger partial charge in [-0.15, -0.1) is 6.58 Å². The second-order valence-corrected chi connectivity index (χ2v) is 4.53. The number of aldehydes is 1. The number of esters is 1. The fraction of sp³-hybridized carbons (Fsp3) is 0.389. The van der Waals surface area contributed by atoms with E-state index in [0.717, 1.165) is 13.4 Å². The van der Waals surface area contributed by atoms with Crippen molar-refractivity contribution in [2.45, 2.75) is 34.6 Å². The molecule has 0 unspecified atom stereocenters. The van der Waals surface area contributed by atoms with E-state index in [1.165, 1.54) is 19.6 Å². The number of rotatable bonds is 3. The molecule has 0 spiro atoms. The minimum atomic E-state index is -0.935. The quantitative estimate of drug-likeness (QED) is 0.305. The molecule has 0 aliphatic carbocycles. The molecule has 0 saturated heterocycles. The molecular weight excluding hydrogens is 376 g/mol. The maximum absolute atomic E-state index is 10.2. The van der Waals surface area contributed by atoms with Crippen molar-refractivity contribution in [1.29, 1.82) is 0 Å². The highest BCUT2D eigenvalue weighted by Crippen LogP contribution is 1.87. The third-order valence-electron chi connectivity index (χ3n) is 1.10. The van der Waals surface area contributed by atoms with E-state index in [4.69, 9.17) is 30.1 Å². The molecular formula is C18H32O10. The van der Waals surface area contributed by atoms with Crippen LogP contribution in [0.1, 0.15) is 34.6 Å². The molecule has 0 aliphatic rings. The molecule has 0 aromatic carbocycles. The third-order valence-corrected chi connectivity index (χ3v) is 1.10. The van der Waals surface area contributed by atoms with Crippen LogP contribution in [0.5, 0.6) is 0 Å².